The molecule has 2 heterocycles. The third kappa shape index (κ3) is 3.42. The first kappa shape index (κ1) is 19.6. The monoisotopic (exact) mass is 418 g/mol. The van der Waals surface area contributed by atoms with Crippen LogP contribution < -0.4 is 4.90 Å². The molecule has 2 fully saturated rings. The second kappa shape index (κ2) is 7.09. The van der Waals surface area contributed by atoms with Crippen molar-refractivity contribution in [3.05, 3.63) is 60.2 Å². The van der Waals surface area contributed by atoms with Crippen molar-refractivity contribution >= 4 is 22.8 Å². The van der Waals surface area contributed by atoms with Gasteiger partial charge in [0.15, 0.2) is 0 Å². The topological polar surface area (TPSA) is 71.2 Å². The Balaban J connectivity index is 1.41. The summed E-state index contributed by atoms with van der Waals surface area (Å²) >= 11 is 0. The summed E-state index contributed by atoms with van der Waals surface area (Å²) in [6.45, 7) is 3.26. The molecule has 1 saturated heterocycles. The number of amides is 1. The highest BCUT2D eigenvalue weighted by molar-refractivity contribution is 5.90. The molecule has 1 spiro atoms. The summed E-state index contributed by atoms with van der Waals surface area (Å²) in [6, 6.07) is 14.0. The molecule has 3 aromatic rings. The molecule has 0 bridgehead atoms. The Kier molecular flexibility index (Phi) is 4.47. The van der Waals surface area contributed by atoms with Crippen molar-refractivity contribution in [1.82, 2.24) is 9.55 Å². The second-order valence-corrected chi connectivity index (χ2v) is 9.12. The van der Waals surface area contributed by atoms with Crippen LogP contribution in [0.3, 0.4) is 0 Å². The Morgan fingerprint density at radius 1 is 1.26 bits per heavy atom. The summed E-state index contributed by atoms with van der Waals surface area (Å²) in [5.74, 6) is -0.423. The van der Waals surface area contributed by atoms with E-state index in [0.29, 0.717) is 25.1 Å². The predicted octanol–water partition coefficient (Wildman–Crippen LogP) is 5.02. The molecule has 2 unspecified atom stereocenters. The van der Waals surface area contributed by atoms with Gasteiger partial charge in [-0.05, 0) is 61.4 Å². The van der Waals surface area contributed by atoms with Crippen LogP contribution in [0.5, 0.6) is 0 Å². The number of fused-ring (bicyclic) bond motifs is 1. The van der Waals surface area contributed by atoms with Gasteiger partial charge >= 0.3 is 6.09 Å². The van der Waals surface area contributed by atoms with Crippen LogP contribution in [0.1, 0.15) is 38.2 Å². The zero-order valence-corrected chi connectivity index (χ0v) is 17.3. The fourth-order valence-electron chi connectivity index (χ4n) is 5.29. The lowest BCUT2D eigenvalue weighted by Crippen LogP contribution is -2.45. The molecule has 7 heteroatoms. The van der Waals surface area contributed by atoms with Crippen molar-refractivity contribution in [3.63, 3.8) is 0 Å². The molecule has 2 atom stereocenters. The molecule has 6 nitrogen and oxygen atoms in total. The first-order valence-electron chi connectivity index (χ1n) is 10.5. The number of hydrogen-bond donors (Lipinski definition) is 0. The van der Waals surface area contributed by atoms with E-state index in [1.54, 1.807) is 24.3 Å². The van der Waals surface area contributed by atoms with Gasteiger partial charge in [-0.3, -0.25) is 4.90 Å². The van der Waals surface area contributed by atoms with Gasteiger partial charge in [-0.1, -0.05) is 19.1 Å². The molecule has 31 heavy (non-hydrogen) atoms. The van der Waals surface area contributed by atoms with Gasteiger partial charge in [0.2, 0.25) is 0 Å². The molecule has 158 valence electrons. The van der Waals surface area contributed by atoms with Crippen LogP contribution in [0.4, 0.5) is 14.9 Å². The van der Waals surface area contributed by atoms with E-state index in [0.717, 1.165) is 30.3 Å². The van der Waals surface area contributed by atoms with Crippen molar-refractivity contribution in [1.29, 1.82) is 5.26 Å². The van der Waals surface area contributed by atoms with Crippen LogP contribution in [0.25, 0.3) is 11.0 Å². The van der Waals surface area contributed by atoms with Crippen molar-refractivity contribution in [2.75, 3.05) is 11.4 Å². The normalized spacial score (nSPS) is 25.7. The summed E-state index contributed by atoms with van der Waals surface area (Å²) in [7, 11) is 0. The lowest BCUT2D eigenvalue weighted by Gasteiger charge is -2.43. The first-order chi connectivity index (χ1) is 14.9. The summed E-state index contributed by atoms with van der Waals surface area (Å²) < 4.78 is 22.3. The van der Waals surface area contributed by atoms with Gasteiger partial charge in [-0.2, -0.15) is 5.26 Å². The van der Waals surface area contributed by atoms with Crippen LogP contribution in [-0.4, -0.2) is 27.8 Å². The molecule has 0 radical (unpaired) electrons. The first-order valence-corrected chi connectivity index (χ1v) is 10.5. The lowest BCUT2D eigenvalue weighted by molar-refractivity contribution is -0.0264. The molecule has 2 aliphatic rings. The molecule has 1 aliphatic heterocycles. The van der Waals surface area contributed by atoms with Crippen molar-refractivity contribution in [2.45, 2.75) is 44.8 Å². The van der Waals surface area contributed by atoms with Gasteiger partial charge in [0, 0.05) is 6.54 Å². The lowest BCUT2D eigenvalue weighted by atomic mass is 9.68. The Morgan fingerprint density at radius 3 is 2.90 bits per heavy atom. The number of nitriles is 1. The number of nitrogens with zero attached hydrogens (tertiary/aromatic N) is 4. The number of rotatable bonds is 3. The SMILES string of the molecule is CC1(Cn2cnc3ccc(C#N)cc32)CCCC2(CN(c3ccccc3F)C(=O)O2)C1. The average Bonchev–Trinajstić information content (AvgIpc) is 3.27. The molecular formula is C24H23FN4O2. The highest BCUT2D eigenvalue weighted by Gasteiger charge is 2.52. The fourth-order valence-corrected chi connectivity index (χ4v) is 5.29. The van der Waals surface area contributed by atoms with E-state index < -0.39 is 17.5 Å². The van der Waals surface area contributed by atoms with Gasteiger partial charge in [-0.25, -0.2) is 14.2 Å². The number of benzene rings is 2. The number of anilines is 1. The van der Waals surface area contributed by atoms with E-state index in [1.807, 2.05) is 18.5 Å². The van der Waals surface area contributed by atoms with Gasteiger partial charge < -0.3 is 9.30 Å². The standard InChI is InChI=1S/C24H23FN4O2/c1-23(14-28-16-27-19-8-7-17(12-26)11-21(19)28)9-4-10-24(13-23)15-29(22(30)31-24)20-6-3-2-5-18(20)25/h2-3,5-8,11,16H,4,9-10,13-15H2,1H3. The number of imidazole rings is 1. The average molecular weight is 418 g/mol. The summed E-state index contributed by atoms with van der Waals surface area (Å²) in [5, 5.41) is 9.24. The van der Waals surface area contributed by atoms with Crippen LogP contribution in [0.15, 0.2) is 48.8 Å². The Labute approximate surface area is 179 Å². The van der Waals surface area contributed by atoms with E-state index in [9.17, 15) is 14.4 Å². The van der Waals surface area contributed by atoms with E-state index in [-0.39, 0.29) is 11.1 Å². The molecule has 2 aromatic carbocycles. The van der Waals surface area contributed by atoms with Crippen molar-refractivity contribution < 1.29 is 13.9 Å². The third-order valence-electron chi connectivity index (χ3n) is 6.58. The summed E-state index contributed by atoms with van der Waals surface area (Å²) in [5.41, 5.74) is 1.90. The van der Waals surface area contributed by atoms with Crippen LogP contribution in [0.2, 0.25) is 0 Å². The number of ether oxygens (including phenoxy) is 1. The fraction of sp³-hybridized carbons (Fsp3) is 0.375. The minimum Gasteiger partial charge on any atom is -0.441 e. The van der Waals surface area contributed by atoms with Crippen molar-refractivity contribution in [2.24, 2.45) is 5.41 Å². The molecule has 1 aliphatic carbocycles. The highest BCUT2D eigenvalue weighted by atomic mass is 19.1. The Hall–Kier alpha value is -3.40. The predicted molar refractivity (Wildman–Crippen MR) is 114 cm³/mol. The number of hydrogen-bond acceptors (Lipinski definition) is 4. The molecule has 5 rings (SSSR count). The van der Waals surface area contributed by atoms with Crippen LogP contribution >= 0.6 is 0 Å². The largest absolute Gasteiger partial charge is 0.441 e. The van der Waals surface area contributed by atoms with E-state index in [4.69, 9.17) is 4.74 Å². The minimum atomic E-state index is -0.624. The number of halogens is 1. The van der Waals surface area contributed by atoms with Gasteiger partial charge in [0.05, 0.1) is 41.2 Å². The Bertz CT molecular complexity index is 1220. The maximum Gasteiger partial charge on any atom is 0.415 e. The molecule has 1 amide bonds. The van der Waals surface area contributed by atoms with E-state index in [2.05, 4.69) is 22.5 Å². The van der Waals surface area contributed by atoms with E-state index >= 15 is 0 Å². The number of aromatic nitrogens is 2. The minimum absolute atomic E-state index is 0.125. The Morgan fingerprint density at radius 2 is 2.10 bits per heavy atom. The van der Waals surface area contributed by atoms with Crippen LogP contribution in [-0.2, 0) is 11.3 Å². The smallest absolute Gasteiger partial charge is 0.415 e. The van der Waals surface area contributed by atoms with Gasteiger partial charge in [0.25, 0.3) is 0 Å². The highest BCUT2D eigenvalue weighted by Crippen LogP contribution is 2.48. The van der Waals surface area contributed by atoms with Crippen molar-refractivity contribution in [3.8, 4) is 6.07 Å². The zero-order valence-electron chi connectivity index (χ0n) is 17.3. The molecule has 0 N–H and O–H groups in total. The van der Waals surface area contributed by atoms with Gasteiger partial charge in [-0.15, -0.1) is 0 Å². The third-order valence-corrected chi connectivity index (χ3v) is 6.58. The molecule has 1 saturated carbocycles. The second-order valence-electron chi connectivity index (χ2n) is 9.12. The maximum absolute atomic E-state index is 14.3. The quantitative estimate of drug-likeness (QED) is 0.599. The molecular weight excluding hydrogens is 395 g/mol. The van der Waals surface area contributed by atoms with Crippen LogP contribution in [0, 0.1) is 22.6 Å². The molecule has 1 aromatic heterocycles. The maximum atomic E-state index is 14.3. The van der Waals surface area contributed by atoms with Gasteiger partial charge in [0.1, 0.15) is 11.4 Å². The number of carbonyl (C=O) groups excluding carboxylic acids is 1. The van der Waals surface area contributed by atoms with E-state index in [1.165, 1.54) is 11.0 Å². The number of para-hydroxylation sites is 1. The zero-order chi connectivity index (χ0) is 21.6. The summed E-state index contributed by atoms with van der Waals surface area (Å²) in [6.07, 6.45) is 4.69. The number of carbonyl (C=O) groups is 1. The summed E-state index contributed by atoms with van der Waals surface area (Å²) in [4.78, 5) is 18.6.